The number of aliphatic hydroxyl groups excluding tert-OH is 1. The zero-order chi connectivity index (χ0) is 24.7. The van der Waals surface area contributed by atoms with Crippen LogP contribution in [-0.4, -0.2) is 57.7 Å². The molecule has 0 bridgehead atoms. The van der Waals surface area contributed by atoms with Gasteiger partial charge in [0.2, 0.25) is 5.95 Å². The van der Waals surface area contributed by atoms with Crippen molar-refractivity contribution in [1.29, 1.82) is 0 Å². The summed E-state index contributed by atoms with van der Waals surface area (Å²) in [6.45, 7) is 1.41. The number of aliphatic hydroxyl groups is 1. The normalized spacial score (nSPS) is 20.4. The van der Waals surface area contributed by atoms with Gasteiger partial charge in [0.05, 0.1) is 29.1 Å². The Morgan fingerprint density at radius 1 is 1.18 bits per heavy atom. The molecule has 3 aromatic rings. The number of nitrogens with one attached hydrogen (secondary N) is 1. The van der Waals surface area contributed by atoms with Gasteiger partial charge in [-0.1, -0.05) is 0 Å². The van der Waals surface area contributed by atoms with Gasteiger partial charge in [-0.2, -0.15) is 13.2 Å². The number of aromatic nitrogens is 4. The summed E-state index contributed by atoms with van der Waals surface area (Å²) in [5, 5.41) is 17.1. The number of hydrogen-bond donors (Lipinski definition) is 2. The number of sulfone groups is 1. The fraction of sp³-hybridized carbons (Fsp3) is 0.500. The van der Waals surface area contributed by atoms with Crippen molar-refractivity contribution in [2.45, 2.75) is 68.2 Å². The molecule has 0 unspecified atom stereocenters. The molecule has 1 aliphatic rings. The van der Waals surface area contributed by atoms with Gasteiger partial charge in [-0.3, -0.25) is 4.98 Å². The molecule has 4 rings (SSSR count). The summed E-state index contributed by atoms with van der Waals surface area (Å²) >= 11 is 0. The van der Waals surface area contributed by atoms with Gasteiger partial charge in [0.1, 0.15) is 0 Å². The number of anilines is 1. The maximum atomic E-state index is 12.8. The van der Waals surface area contributed by atoms with Gasteiger partial charge < -0.3 is 10.4 Å². The molecule has 34 heavy (non-hydrogen) atoms. The maximum absolute atomic E-state index is 12.8. The van der Waals surface area contributed by atoms with Crippen molar-refractivity contribution in [3.63, 3.8) is 0 Å². The Labute approximate surface area is 195 Å². The summed E-state index contributed by atoms with van der Waals surface area (Å²) in [6, 6.07) is 2.51. The van der Waals surface area contributed by atoms with Crippen LogP contribution in [0.5, 0.6) is 0 Å². The van der Waals surface area contributed by atoms with E-state index in [0.717, 1.165) is 24.8 Å². The highest BCUT2D eigenvalue weighted by Crippen LogP contribution is 2.38. The molecule has 0 aliphatic heterocycles. The first-order chi connectivity index (χ1) is 15.9. The Kier molecular flexibility index (Phi) is 6.56. The van der Waals surface area contributed by atoms with Crippen LogP contribution in [0.15, 0.2) is 35.6 Å². The molecule has 8 nitrogen and oxygen atoms in total. The van der Waals surface area contributed by atoms with Crippen LogP contribution in [-0.2, 0) is 9.84 Å². The van der Waals surface area contributed by atoms with E-state index >= 15 is 0 Å². The molecular formula is C22H26F3N5O3S. The third kappa shape index (κ3) is 5.49. The van der Waals surface area contributed by atoms with Gasteiger partial charge >= 0.3 is 6.18 Å². The largest absolute Gasteiger partial charge is 0.393 e. The summed E-state index contributed by atoms with van der Waals surface area (Å²) in [5.41, 5.74) is 2.66. The molecule has 1 saturated carbocycles. The SMILES string of the molecule is C[C@@H](CC(F)(F)F)Nc1ncc2c(-c3cncc(S(C)(=O)=O)c3)cc(C3CCC(O)CC3)n2n1. The minimum absolute atomic E-state index is 0.0616. The third-order valence-electron chi connectivity index (χ3n) is 6.03. The molecule has 12 heteroatoms. The van der Waals surface area contributed by atoms with Crippen molar-refractivity contribution < 1.29 is 26.7 Å². The second-order valence-corrected chi connectivity index (χ2v) is 10.9. The Hall–Kier alpha value is -2.73. The predicted molar refractivity (Wildman–Crippen MR) is 120 cm³/mol. The highest BCUT2D eigenvalue weighted by molar-refractivity contribution is 7.90. The van der Waals surface area contributed by atoms with E-state index in [0.29, 0.717) is 29.5 Å². The summed E-state index contributed by atoms with van der Waals surface area (Å²) in [4.78, 5) is 8.37. The van der Waals surface area contributed by atoms with Crippen LogP contribution in [0.2, 0.25) is 0 Å². The lowest BCUT2D eigenvalue weighted by Gasteiger charge is -2.25. The van der Waals surface area contributed by atoms with Gasteiger partial charge in [0.25, 0.3) is 0 Å². The fourth-order valence-electron chi connectivity index (χ4n) is 4.36. The van der Waals surface area contributed by atoms with E-state index in [4.69, 9.17) is 0 Å². The molecular weight excluding hydrogens is 471 g/mol. The van der Waals surface area contributed by atoms with Gasteiger partial charge in [-0.15, -0.1) is 5.10 Å². The Bertz CT molecular complexity index is 1280. The Morgan fingerprint density at radius 3 is 2.53 bits per heavy atom. The van der Waals surface area contributed by atoms with E-state index in [1.165, 1.54) is 25.4 Å². The van der Waals surface area contributed by atoms with Crippen molar-refractivity contribution in [3.8, 4) is 11.1 Å². The lowest BCUT2D eigenvalue weighted by atomic mass is 9.85. The van der Waals surface area contributed by atoms with E-state index < -0.39 is 28.5 Å². The number of halogens is 3. The minimum Gasteiger partial charge on any atom is -0.393 e. The highest BCUT2D eigenvalue weighted by Gasteiger charge is 2.31. The molecule has 1 atom stereocenters. The molecule has 2 N–H and O–H groups in total. The molecule has 184 valence electrons. The van der Waals surface area contributed by atoms with Gasteiger partial charge in [-0.25, -0.2) is 17.9 Å². The first-order valence-corrected chi connectivity index (χ1v) is 12.9. The predicted octanol–water partition coefficient (Wildman–Crippen LogP) is 3.97. The number of fused-ring (bicyclic) bond motifs is 1. The Balaban J connectivity index is 1.78. The van der Waals surface area contributed by atoms with Crippen LogP contribution in [0.1, 0.15) is 50.6 Å². The first-order valence-electron chi connectivity index (χ1n) is 11.0. The van der Waals surface area contributed by atoms with E-state index in [1.807, 2.05) is 6.07 Å². The molecule has 0 saturated heterocycles. The van der Waals surface area contributed by atoms with Crippen LogP contribution in [0.25, 0.3) is 16.6 Å². The molecule has 3 aromatic heterocycles. The minimum atomic E-state index is -4.32. The van der Waals surface area contributed by atoms with Gasteiger partial charge in [0, 0.05) is 47.4 Å². The summed E-state index contributed by atoms with van der Waals surface area (Å²) in [7, 11) is -3.47. The molecule has 0 amide bonds. The van der Waals surface area contributed by atoms with E-state index in [-0.39, 0.29) is 22.9 Å². The molecule has 0 radical (unpaired) electrons. The fourth-order valence-corrected chi connectivity index (χ4v) is 4.96. The number of alkyl halides is 3. The van der Waals surface area contributed by atoms with Crippen LogP contribution in [0.3, 0.4) is 0 Å². The monoisotopic (exact) mass is 497 g/mol. The van der Waals surface area contributed by atoms with E-state index in [1.54, 1.807) is 10.7 Å². The Morgan fingerprint density at radius 2 is 1.88 bits per heavy atom. The topological polar surface area (TPSA) is 109 Å². The smallest absolute Gasteiger partial charge is 0.391 e. The number of nitrogens with zero attached hydrogens (tertiary/aromatic N) is 4. The molecule has 1 aliphatic carbocycles. The molecule has 3 heterocycles. The van der Waals surface area contributed by atoms with Crippen LogP contribution in [0.4, 0.5) is 19.1 Å². The van der Waals surface area contributed by atoms with Gasteiger partial charge in [-0.05, 0) is 44.7 Å². The summed E-state index contributed by atoms with van der Waals surface area (Å²) in [5.74, 6) is 0.137. The van der Waals surface area contributed by atoms with Crippen molar-refractivity contribution in [1.82, 2.24) is 19.6 Å². The molecule has 1 fully saturated rings. The second-order valence-electron chi connectivity index (χ2n) is 8.91. The van der Waals surface area contributed by atoms with Crippen LogP contribution < -0.4 is 5.32 Å². The number of pyridine rings is 1. The van der Waals surface area contributed by atoms with Crippen LogP contribution in [0, 0.1) is 0 Å². The third-order valence-corrected chi connectivity index (χ3v) is 7.10. The zero-order valence-electron chi connectivity index (χ0n) is 18.7. The van der Waals surface area contributed by atoms with E-state index in [2.05, 4.69) is 20.4 Å². The van der Waals surface area contributed by atoms with Crippen LogP contribution >= 0.6 is 0 Å². The molecule has 0 aromatic carbocycles. The average molecular weight is 498 g/mol. The second kappa shape index (κ2) is 9.14. The van der Waals surface area contributed by atoms with Crippen molar-refractivity contribution in [2.75, 3.05) is 11.6 Å². The highest BCUT2D eigenvalue weighted by atomic mass is 32.2. The quantitative estimate of drug-likeness (QED) is 0.530. The molecule has 0 spiro atoms. The van der Waals surface area contributed by atoms with Crippen molar-refractivity contribution in [2.24, 2.45) is 0 Å². The van der Waals surface area contributed by atoms with Gasteiger partial charge in [0.15, 0.2) is 9.84 Å². The first kappa shape index (κ1) is 24.4. The lowest BCUT2D eigenvalue weighted by molar-refractivity contribution is -0.136. The maximum Gasteiger partial charge on any atom is 0.391 e. The summed E-state index contributed by atoms with van der Waals surface area (Å²) in [6.07, 6.45) is 2.48. The number of rotatable bonds is 6. The van der Waals surface area contributed by atoms with Crippen molar-refractivity contribution >= 4 is 21.3 Å². The summed E-state index contributed by atoms with van der Waals surface area (Å²) < 4.78 is 64.0. The lowest BCUT2D eigenvalue weighted by Crippen LogP contribution is -2.25. The number of hydrogen-bond acceptors (Lipinski definition) is 7. The van der Waals surface area contributed by atoms with E-state index in [9.17, 15) is 26.7 Å². The zero-order valence-corrected chi connectivity index (χ0v) is 19.6. The average Bonchev–Trinajstić information content (AvgIpc) is 3.11. The van der Waals surface area contributed by atoms with Crippen molar-refractivity contribution in [3.05, 3.63) is 36.4 Å². The standard InChI is InChI=1S/C22H26F3N5O3S/c1-13(9-22(23,24)25)28-21-27-12-20-18(15-7-17(11-26-10-15)34(2,32)33)8-19(30(20)29-21)14-3-5-16(31)6-4-14/h7-8,10-14,16,31H,3-6,9H2,1-2H3,(H,28,29)/t13-,14?,16?/m0/s1.